The molecule has 0 atom stereocenters. The van der Waals surface area contributed by atoms with E-state index in [0.29, 0.717) is 35.2 Å². The summed E-state index contributed by atoms with van der Waals surface area (Å²) in [4.78, 5) is 12.9. The number of hydrogen-bond acceptors (Lipinski definition) is 6. The maximum absolute atomic E-state index is 14.9. The standard InChI is InChI=1S/C24H31FN4O.CH3NO/c1-6-27-24(23-18(4)15-21(16-22(23)25)30-14-13-26-5)29-20-9-7-19(8-10-20)28-12-11-17(2)3;2-1-3/h6-11,15-16,26,28-29H,4,12-14H2,1-3,5H3;1H,(H2,2,3)/b24-23-,27-6-;. The number of amides is 1. The Balaban J connectivity index is 0.00000172. The summed E-state index contributed by atoms with van der Waals surface area (Å²) in [6.45, 7) is 11.8. The van der Waals surface area contributed by atoms with Crippen LogP contribution in [0.15, 0.2) is 53.0 Å². The predicted molar refractivity (Wildman–Crippen MR) is 136 cm³/mol. The van der Waals surface area contributed by atoms with E-state index in [1.807, 2.05) is 31.3 Å². The number of anilines is 2. The van der Waals surface area contributed by atoms with Crippen molar-refractivity contribution in [3.63, 3.8) is 0 Å². The molecule has 0 aliphatic rings. The Hall–Kier alpha value is -3.65. The molecular formula is C25H34FN5O2. The molecule has 33 heavy (non-hydrogen) atoms. The minimum atomic E-state index is -0.435. The number of benzene rings is 2. The zero-order valence-electron chi connectivity index (χ0n) is 19.7. The molecule has 0 radical (unpaired) electrons. The van der Waals surface area contributed by atoms with Crippen LogP contribution in [0.3, 0.4) is 0 Å². The fraction of sp³-hybridized carbons (Fsp3) is 0.280. The molecule has 178 valence electrons. The van der Waals surface area contributed by atoms with E-state index in [2.05, 4.69) is 53.2 Å². The summed E-state index contributed by atoms with van der Waals surface area (Å²) in [5.74, 6) is 0.408. The summed E-state index contributed by atoms with van der Waals surface area (Å²) in [5.41, 5.74) is 7.24. The molecule has 0 aliphatic carbocycles. The number of carbonyl (C=O) groups is 1. The van der Waals surface area contributed by atoms with E-state index in [-0.39, 0.29) is 6.41 Å². The largest absolute Gasteiger partial charge is 0.492 e. The molecule has 0 spiro atoms. The van der Waals surface area contributed by atoms with Gasteiger partial charge in [-0.2, -0.15) is 0 Å². The number of primary amides is 1. The van der Waals surface area contributed by atoms with E-state index in [1.165, 1.54) is 11.6 Å². The minimum absolute atomic E-state index is 0.250. The van der Waals surface area contributed by atoms with Crippen molar-refractivity contribution >= 4 is 36.4 Å². The summed E-state index contributed by atoms with van der Waals surface area (Å²) >= 11 is 0. The van der Waals surface area contributed by atoms with Gasteiger partial charge >= 0.3 is 0 Å². The highest BCUT2D eigenvalue weighted by molar-refractivity contribution is 5.72. The van der Waals surface area contributed by atoms with Gasteiger partial charge in [-0.05, 0) is 63.4 Å². The molecular weight excluding hydrogens is 421 g/mol. The lowest BCUT2D eigenvalue weighted by atomic mass is 10.2. The third-order valence-corrected chi connectivity index (χ3v) is 4.23. The number of allylic oxidation sites excluding steroid dienone is 1. The van der Waals surface area contributed by atoms with Crippen molar-refractivity contribution < 1.29 is 13.9 Å². The van der Waals surface area contributed by atoms with Gasteiger partial charge in [0.1, 0.15) is 24.0 Å². The first-order chi connectivity index (χ1) is 15.9. The van der Waals surface area contributed by atoms with Gasteiger partial charge in [0.25, 0.3) is 0 Å². The number of likely N-dealkylation sites (N-methyl/N-ethyl adjacent to an activating group) is 1. The number of nitrogens with zero attached hydrogens (tertiary/aromatic N) is 1. The van der Waals surface area contributed by atoms with Crippen LogP contribution in [0.4, 0.5) is 15.8 Å². The quantitative estimate of drug-likeness (QED) is 0.191. The predicted octanol–water partition coefficient (Wildman–Crippen LogP) is 2.58. The number of ether oxygens (including phenoxy) is 1. The molecule has 0 saturated heterocycles. The summed E-state index contributed by atoms with van der Waals surface area (Å²) in [6, 6.07) is 10.9. The molecule has 0 aliphatic heterocycles. The van der Waals surface area contributed by atoms with E-state index in [9.17, 15) is 4.39 Å². The van der Waals surface area contributed by atoms with E-state index in [1.54, 1.807) is 19.2 Å². The maximum atomic E-state index is 14.9. The molecule has 0 saturated carbocycles. The number of nitrogens with two attached hydrogens (primary N) is 1. The van der Waals surface area contributed by atoms with Gasteiger partial charge in [0, 0.05) is 36.7 Å². The fourth-order valence-corrected chi connectivity index (χ4v) is 2.73. The average Bonchev–Trinajstić information content (AvgIpc) is 2.75. The first-order valence-electron chi connectivity index (χ1n) is 10.5. The van der Waals surface area contributed by atoms with Crippen LogP contribution in [0.5, 0.6) is 5.75 Å². The molecule has 0 aromatic heterocycles. The second kappa shape index (κ2) is 15.2. The van der Waals surface area contributed by atoms with Crippen LogP contribution >= 0.6 is 0 Å². The fourth-order valence-electron chi connectivity index (χ4n) is 2.73. The molecule has 2 rings (SSSR count). The molecule has 0 unspecified atom stereocenters. The van der Waals surface area contributed by atoms with Gasteiger partial charge in [0.15, 0.2) is 0 Å². The number of halogens is 1. The lowest BCUT2D eigenvalue weighted by Gasteiger charge is -2.11. The average molecular weight is 456 g/mol. The highest BCUT2D eigenvalue weighted by Crippen LogP contribution is 2.16. The summed E-state index contributed by atoms with van der Waals surface area (Å²) in [7, 11) is 1.83. The molecule has 0 fully saturated rings. The van der Waals surface area contributed by atoms with Crippen LogP contribution in [0.1, 0.15) is 20.8 Å². The van der Waals surface area contributed by atoms with Crippen molar-refractivity contribution in [2.45, 2.75) is 20.8 Å². The molecule has 2 aromatic carbocycles. The Morgan fingerprint density at radius 2 is 1.85 bits per heavy atom. The van der Waals surface area contributed by atoms with Gasteiger partial charge in [-0.25, -0.2) is 9.38 Å². The Bertz CT molecular complexity index is 1050. The number of hydrogen-bond donors (Lipinski definition) is 4. The zero-order valence-corrected chi connectivity index (χ0v) is 19.7. The topological polar surface area (TPSA) is 101 Å². The van der Waals surface area contributed by atoms with Crippen molar-refractivity contribution in [2.24, 2.45) is 10.7 Å². The van der Waals surface area contributed by atoms with Gasteiger partial charge in [-0.3, -0.25) is 4.79 Å². The number of carbonyl (C=O) groups excluding carboxylic acids is 1. The second-order valence-corrected chi connectivity index (χ2v) is 7.13. The van der Waals surface area contributed by atoms with Crippen molar-refractivity contribution in [2.75, 3.05) is 37.4 Å². The molecule has 0 bridgehead atoms. The Labute approximate surface area is 194 Å². The van der Waals surface area contributed by atoms with Crippen LogP contribution in [0.25, 0.3) is 12.4 Å². The highest BCUT2D eigenvalue weighted by atomic mass is 19.1. The Morgan fingerprint density at radius 3 is 2.39 bits per heavy atom. The molecule has 7 nitrogen and oxygen atoms in total. The number of aliphatic imine (C=N–C) groups is 1. The van der Waals surface area contributed by atoms with Gasteiger partial charge in [0.2, 0.25) is 6.41 Å². The van der Waals surface area contributed by atoms with E-state index >= 15 is 0 Å². The van der Waals surface area contributed by atoms with Crippen molar-refractivity contribution in [1.29, 1.82) is 0 Å². The van der Waals surface area contributed by atoms with Crippen LogP contribution in [0.2, 0.25) is 0 Å². The van der Waals surface area contributed by atoms with Gasteiger partial charge in [-0.15, -0.1) is 0 Å². The van der Waals surface area contributed by atoms with Crippen molar-refractivity contribution in [3.05, 3.63) is 64.3 Å². The summed E-state index contributed by atoms with van der Waals surface area (Å²) < 4.78 is 20.4. The number of rotatable bonds is 10. The van der Waals surface area contributed by atoms with Gasteiger partial charge < -0.3 is 26.4 Å². The summed E-state index contributed by atoms with van der Waals surface area (Å²) in [6.07, 6.45) is 3.99. The second-order valence-electron chi connectivity index (χ2n) is 7.13. The summed E-state index contributed by atoms with van der Waals surface area (Å²) in [5, 5.41) is 10.3. The van der Waals surface area contributed by atoms with E-state index < -0.39 is 5.82 Å². The van der Waals surface area contributed by atoms with Gasteiger partial charge in [-0.1, -0.05) is 18.2 Å². The van der Waals surface area contributed by atoms with Crippen LogP contribution in [-0.4, -0.2) is 39.4 Å². The van der Waals surface area contributed by atoms with Crippen LogP contribution in [-0.2, 0) is 4.79 Å². The molecule has 5 N–H and O–H groups in total. The Morgan fingerprint density at radius 1 is 1.21 bits per heavy atom. The van der Waals surface area contributed by atoms with Crippen molar-refractivity contribution in [1.82, 2.24) is 5.32 Å². The van der Waals surface area contributed by atoms with Gasteiger partial charge in [0.05, 0.1) is 5.22 Å². The third kappa shape index (κ3) is 10.0. The first-order valence-corrected chi connectivity index (χ1v) is 10.5. The highest BCUT2D eigenvalue weighted by Gasteiger charge is 2.07. The van der Waals surface area contributed by atoms with E-state index in [4.69, 9.17) is 9.53 Å². The normalized spacial score (nSPS) is 11.2. The molecule has 0 heterocycles. The molecule has 8 heteroatoms. The number of nitrogens with one attached hydrogen (secondary N) is 3. The minimum Gasteiger partial charge on any atom is -0.492 e. The Kier molecular flexibility index (Phi) is 12.6. The molecule has 1 amide bonds. The zero-order chi connectivity index (χ0) is 24.6. The monoisotopic (exact) mass is 455 g/mol. The first kappa shape index (κ1) is 27.4. The SMILES string of the molecule is C=c1cc(OCCNC)cc(F)/c1=C(/N=C\C)Nc1ccc(NCC=C(C)C)cc1.NC=O. The molecule has 2 aromatic rings. The maximum Gasteiger partial charge on any atom is 0.204 e. The smallest absolute Gasteiger partial charge is 0.204 e. The third-order valence-electron chi connectivity index (χ3n) is 4.23. The van der Waals surface area contributed by atoms with E-state index in [0.717, 1.165) is 17.9 Å². The van der Waals surface area contributed by atoms with Crippen molar-refractivity contribution in [3.8, 4) is 5.75 Å². The lowest BCUT2D eigenvalue weighted by Crippen LogP contribution is -2.31. The van der Waals surface area contributed by atoms with Crippen LogP contribution < -0.4 is 36.9 Å². The van der Waals surface area contributed by atoms with Crippen LogP contribution in [0, 0.1) is 5.82 Å². The lowest BCUT2D eigenvalue weighted by molar-refractivity contribution is -0.106.